The minimum atomic E-state index is -0.250. The van der Waals surface area contributed by atoms with Crippen molar-refractivity contribution in [3.8, 4) is 16.8 Å². The topological polar surface area (TPSA) is 86.1 Å². The highest BCUT2D eigenvalue weighted by atomic mass is 32.1. The second-order valence-electron chi connectivity index (χ2n) is 8.26. The summed E-state index contributed by atoms with van der Waals surface area (Å²) < 4.78 is 7.68. The first-order valence-electron chi connectivity index (χ1n) is 11.6. The van der Waals surface area contributed by atoms with Crippen LogP contribution in [0.2, 0.25) is 0 Å². The largest absolute Gasteiger partial charge is 0.469 e. The van der Waals surface area contributed by atoms with Gasteiger partial charge in [0.05, 0.1) is 28.5 Å². The third kappa shape index (κ3) is 5.18. The molecule has 0 saturated carbocycles. The number of imidazole rings is 1. The molecule has 0 fully saturated rings. The van der Waals surface area contributed by atoms with Crippen LogP contribution in [-0.2, 0) is 16.0 Å². The van der Waals surface area contributed by atoms with Gasteiger partial charge in [-0.25, -0.2) is 9.97 Å². The van der Waals surface area contributed by atoms with Crippen LogP contribution in [0.1, 0.15) is 28.9 Å². The molecule has 0 bridgehead atoms. The Morgan fingerprint density at radius 3 is 2.67 bits per heavy atom. The maximum Gasteiger partial charge on any atom is 0.305 e. The molecule has 0 aliphatic carbocycles. The van der Waals surface area contributed by atoms with Crippen molar-refractivity contribution in [1.82, 2.24) is 14.5 Å². The fourth-order valence-electron chi connectivity index (χ4n) is 3.99. The predicted molar refractivity (Wildman–Crippen MR) is 142 cm³/mol. The predicted octanol–water partition coefficient (Wildman–Crippen LogP) is 5.90. The Morgan fingerprint density at radius 2 is 1.83 bits per heavy atom. The number of nitrogens with zero attached hydrogens (tertiary/aromatic N) is 3. The fraction of sp³-hybridized carbons (Fsp3) is 0.143. The van der Waals surface area contributed by atoms with Gasteiger partial charge in [-0.05, 0) is 60.4 Å². The number of fused-ring (bicyclic) bond motifs is 1. The van der Waals surface area contributed by atoms with E-state index in [2.05, 4.69) is 21.4 Å². The summed E-state index contributed by atoms with van der Waals surface area (Å²) in [7, 11) is 1.38. The van der Waals surface area contributed by atoms with Crippen LogP contribution in [0.5, 0.6) is 0 Å². The molecule has 0 spiro atoms. The molecular formula is C28H24N4O3S. The first kappa shape index (κ1) is 23.4. The van der Waals surface area contributed by atoms with Crippen molar-refractivity contribution in [3.63, 3.8) is 0 Å². The molecular weight excluding hydrogens is 472 g/mol. The molecule has 8 heteroatoms. The highest BCUT2D eigenvalue weighted by Gasteiger charge is 2.15. The van der Waals surface area contributed by atoms with Gasteiger partial charge in [-0.15, -0.1) is 11.3 Å². The number of carbonyl (C=O) groups is 2. The Balaban J connectivity index is 1.39. The summed E-state index contributed by atoms with van der Waals surface area (Å²) in [6.45, 7) is 0. The van der Waals surface area contributed by atoms with E-state index in [0.29, 0.717) is 30.8 Å². The third-order valence-corrected chi connectivity index (χ3v) is 6.64. The quantitative estimate of drug-likeness (QED) is 0.271. The number of carbonyl (C=O) groups excluding carboxylic acids is 2. The minimum absolute atomic E-state index is 0.250. The van der Waals surface area contributed by atoms with E-state index in [0.717, 1.165) is 32.7 Å². The molecule has 5 rings (SSSR count). The van der Waals surface area contributed by atoms with Gasteiger partial charge in [0.25, 0.3) is 5.91 Å². The van der Waals surface area contributed by atoms with Gasteiger partial charge in [0.2, 0.25) is 5.95 Å². The number of para-hydroxylation sites is 1. The summed E-state index contributed by atoms with van der Waals surface area (Å²) in [6, 6.07) is 23.3. The molecule has 1 amide bonds. The van der Waals surface area contributed by atoms with E-state index in [-0.39, 0.29) is 11.9 Å². The van der Waals surface area contributed by atoms with Gasteiger partial charge in [0.15, 0.2) is 0 Å². The van der Waals surface area contributed by atoms with Crippen LogP contribution in [0.4, 0.5) is 5.95 Å². The molecule has 36 heavy (non-hydrogen) atoms. The number of ether oxygens (including phenoxy) is 1. The van der Waals surface area contributed by atoms with Crippen molar-refractivity contribution < 1.29 is 14.3 Å². The zero-order valence-electron chi connectivity index (χ0n) is 19.7. The fourth-order valence-corrected chi connectivity index (χ4v) is 4.70. The molecule has 5 aromatic rings. The SMILES string of the molecule is COC(=O)CCCc1cn(-c2ccccc2)c(NC(=O)c2cccc(-c3ccc4ncsc4c3)c2)n1. The summed E-state index contributed by atoms with van der Waals surface area (Å²) >= 11 is 1.59. The van der Waals surface area contributed by atoms with Gasteiger partial charge in [0.1, 0.15) is 0 Å². The maximum atomic E-state index is 13.3. The van der Waals surface area contributed by atoms with Crippen LogP contribution in [0, 0.1) is 0 Å². The van der Waals surface area contributed by atoms with E-state index in [4.69, 9.17) is 4.74 Å². The van der Waals surface area contributed by atoms with E-state index in [9.17, 15) is 9.59 Å². The van der Waals surface area contributed by atoms with Crippen molar-refractivity contribution in [2.45, 2.75) is 19.3 Å². The van der Waals surface area contributed by atoms with E-state index >= 15 is 0 Å². The lowest BCUT2D eigenvalue weighted by molar-refractivity contribution is -0.140. The number of esters is 1. The number of anilines is 1. The van der Waals surface area contributed by atoms with Crippen LogP contribution in [0.3, 0.4) is 0 Å². The monoisotopic (exact) mass is 496 g/mol. The molecule has 1 N–H and O–H groups in total. The van der Waals surface area contributed by atoms with Gasteiger partial charge < -0.3 is 4.74 Å². The molecule has 0 aliphatic rings. The number of nitrogens with one attached hydrogen (secondary N) is 1. The molecule has 0 saturated heterocycles. The van der Waals surface area contributed by atoms with Crippen molar-refractivity contribution in [3.05, 3.63) is 95.8 Å². The lowest BCUT2D eigenvalue weighted by Gasteiger charge is -2.10. The number of hydrogen-bond acceptors (Lipinski definition) is 6. The molecule has 0 radical (unpaired) electrons. The van der Waals surface area contributed by atoms with Crippen LogP contribution < -0.4 is 5.32 Å². The number of hydrogen-bond donors (Lipinski definition) is 1. The molecule has 180 valence electrons. The normalized spacial score (nSPS) is 10.9. The lowest BCUT2D eigenvalue weighted by atomic mass is 10.0. The maximum absolute atomic E-state index is 13.3. The summed E-state index contributed by atoms with van der Waals surface area (Å²) in [5.74, 6) is -0.0734. The average Bonchev–Trinajstić information content (AvgIpc) is 3.55. The first-order valence-corrected chi connectivity index (χ1v) is 12.4. The Morgan fingerprint density at radius 1 is 1.00 bits per heavy atom. The zero-order chi connectivity index (χ0) is 24.9. The smallest absolute Gasteiger partial charge is 0.305 e. The van der Waals surface area contributed by atoms with Gasteiger partial charge in [-0.2, -0.15) is 0 Å². The number of amides is 1. The lowest BCUT2D eigenvalue weighted by Crippen LogP contribution is -2.15. The molecule has 0 unspecified atom stereocenters. The number of thiazole rings is 1. The van der Waals surface area contributed by atoms with Gasteiger partial charge in [-0.3, -0.25) is 19.5 Å². The van der Waals surface area contributed by atoms with Gasteiger partial charge in [-0.1, -0.05) is 36.4 Å². The van der Waals surface area contributed by atoms with E-state index in [1.807, 2.05) is 76.9 Å². The molecule has 0 aliphatic heterocycles. The summed E-state index contributed by atoms with van der Waals surface area (Å²) in [5.41, 5.74) is 6.97. The first-order chi connectivity index (χ1) is 17.6. The molecule has 3 aromatic carbocycles. The van der Waals surface area contributed by atoms with Crippen LogP contribution in [-0.4, -0.2) is 33.5 Å². The summed E-state index contributed by atoms with van der Waals surface area (Å²) in [4.78, 5) is 33.7. The van der Waals surface area contributed by atoms with Crippen molar-refractivity contribution in [2.75, 3.05) is 12.4 Å². The van der Waals surface area contributed by atoms with E-state index in [1.165, 1.54) is 7.11 Å². The molecule has 0 atom stereocenters. The van der Waals surface area contributed by atoms with Crippen molar-refractivity contribution >= 4 is 39.4 Å². The van der Waals surface area contributed by atoms with Crippen molar-refractivity contribution in [2.24, 2.45) is 0 Å². The number of aromatic nitrogens is 3. The van der Waals surface area contributed by atoms with Crippen LogP contribution >= 0.6 is 11.3 Å². The summed E-state index contributed by atoms with van der Waals surface area (Å²) in [6.07, 6.45) is 3.41. The van der Waals surface area contributed by atoms with Crippen LogP contribution in [0.25, 0.3) is 27.0 Å². The average molecular weight is 497 g/mol. The number of methoxy groups -OCH3 is 1. The van der Waals surface area contributed by atoms with E-state index < -0.39 is 0 Å². The number of benzene rings is 3. The Labute approximate surface area is 212 Å². The Bertz CT molecular complexity index is 1520. The second-order valence-corrected chi connectivity index (χ2v) is 9.15. The van der Waals surface area contributed by atoms with Crippen molar-refractivity contribution in [1.29, 1.82) is 0 Å². The van der Waals surface area contributed by atoms with Crippen LogP contribution in [0.15, 0.2) is 84.5 Å². The third-order valence-electron chi connectivity index (χ3n) is 5.85. The highest BCUT2D eigenvalue weighted by molar-refractivity contribution is 7.16. The summed E-state index contributed by atoms with van der Waals surface area (Å²) in [5, 5.41) is 2.97. The molecule has 2 aromatic heterocycles. The van der Waals surface area contributed by atoms with E-state index in [1.54, 1.807) is 17.4 Å². The Hall–Kier alpha value is -4.30. The standard InChI is InChI=1S/C28H24N4O3S/c1-35-26(33)12-6-9-22-17-32(23-10-3-2-4-11-23)28(30-22)31-27(34)21-8-5-7-19(15-21)20-13-14-24-25(16-20)36-18-29-24/h2-5,7-8,10-11,13-18H,6,9,12H2,1H3,(H,30,31,34). The van der Waals surface area contributed by atoms with Gasteiger partial charge >= 0.3 is 5.97 Å². The van der Waals surface area contributed by atoms with Gasteiger partial charge in [0, 0.05) is 23.9 Å². The Kier molecular flexibility index (Phi) is 6.86. The molecule has 7 nitrogen and oxygen atoms in total. The minimum Gasteiger partial charge on any atom is -0.469 e. The second kappa shape index (κ2) is 10.5. The molecule has 2 heterocycles. The zero-order valence-corrected chi connectivity index (χ0v) is 20.5. The number of rotatable bonds is 8. The highest BCUT2D eigenvalue weighted by Crippen LogP contribution is 2.27. The number of aryl methyl sites for hydroxylation is 1.